The highest BCUT2D eigenvalue weighted by atomic mass is 16.2. The molecule has 98 valence electrons. The molecule has 1 fully saturated rings. The van der Waals surface area contributed by atoms with Gasteiger partial charge in [-0.3, -0.25) is 4.79 Å². The lowest BCUT2D eigenvalue weighted by Gasteiger charge is -2.31. The Morgan fingerprint density at radius 1 is 1.28 bits per heavy atom. The average molecular weight is 247 g/mol. The maximum absolute atomic E-state index is 12.5. The molecule has 2 N–H and O–H groups in total. The van der Waals surface area contributed by atoms with Crippen LogP contribution >= 0.6 is 0 Å². The van der Waals surface area contributed by atoms with E-state index in [9.17, 15) is 4.79 Å². The van der Waals surface area contributed by atoms with E-state index in [0.717, 1.165) is 37.2 Å². The summed E-state index contributed by atoms with van der Waals surface area (Å²) in [5, 5.41) is 0. The van der Waals surface area contributed by atoms with E-state index in [0.29, 0.717) is 0 Å². The van der Waals surface area contributed by atoms with Crippen molar-refractivity contribution < 1.29 is 4.79 Å². The van der Waals surface area contributed by atoms with Gasteiger partial charge < -0.3 is 15.5 Å². The highest BCUT2D eigenvalue weighted by molar-refractivity contribution is 5.99. The molecule has 0 aromatic heterocycles. The Morgan fingerprint density at radius 2 is 1.89 bits per heavy atom. The number of amides is 1. The summed E-state index contributed by atoms with van der Waals surface area (Å²) in [4.78, 5) is 16.4. The van der Waals surface area contributed by atoms with Crippen LogP contribution in [0, 0.1) is 0 Å². The summed E-state index contributed by atoms with van der Waals surface area (Å²) in [5.74, 6) is 0.117. The number of rotatable bonds is 2. The second-order valence-electron chi connectivity index (χ2n) is 5.04. The van der Waals surface area contributed by atoms with Crippen LogP contribution in [-0.2, 0) is 0 Å². The number of carbonyl (C=O) groups excluding carboxylic acids is 1. The normalized spacial score (nSPS) is 16.7. The molecule has 0 bridgehead atoms. The van der Waals surface area contributed by atoms with Gasteiger partial charge in [0.25, 0.3) is 5.91 Å². The molecule has 4 heteroatoms. The standard InChI is InChI=1S/C14H21N3O/c1-16(2)13-6-4-3-5-12(13)14(18)17-9-7-11(15)8-10-17/h3-6,11H,7-10,15H2,1-2H3. The summed E-state index contributed by atoms with van der Waals surface area (Å²) in [6.07, 6.45) is 1.80. The number of hydrogen-bond donors (Lipinski definition) is 1. The quantitative estimate of drug-likeness (QED) is 0.857. The molecule has 0 saturated carbocycles. The van der Waals surface area contributed by atoms with Crippen LogP contribution in [0.2, 0.25) is 0 Å². The van der Waals surface area contributed by atoms with E-state index < -0.39 is 0 Å². The van der Waals surface area contributed by atoms with Crippen molar-refractivity contribution in [3.05, 3.63) is 29.8 Å². The summed E-state index contributed by atoms with van der Waals surface area (Å²) >= 11 is 0. The molecule has 4 nitrogen and oxygen atoms in total. The fourth-order valence-electron chi connectivity index (χ4n) is 2.32. The zero-order chi connectivity index (χ0) is 13.1. The lowest BCUT2D eigenvalue weighted by atomic mass is 10.0. The molecular formula is C14H21N3O. The fraction of sp³-hybridized carbons (Fsp3) is 0.500. The topological polar surface area (TPSA) is 49.6 Å². The van der Waals surface area contributed by atoms with E-state index in [4.69, 9.17) is 5.73 Å². The zero-order valence-corrected chi connectivity index (χ0v) is 11.1. The van der Waals surface area contributed by atoms with Gasteiger partial charge >= 0.3 is 0 Å². The van der Waals surface area contributed by atoms with Crippen molar-refractivity contribution >= 4 is 11.6 Å². The molecule has 1 amide bonds. The molecule has 0 atom stereocenters. The molecule has 0 spiro atoms. The number of anilines is 1. The molecule has 18 heavy (non-hydrogen) atoms. The fourth-order valence-corrected chi connectivity index (χ4v) is 2.32. The number of carbonyl (C=O) groups is 1. The van der Waals surface area contributed by atoms with Crippen LogP contribution in [0.15, 0.2) is 24.3 Å². The minimum atomic E-state index is 0.117. The van der Waals surface area contributed by atoms with Gasteiger partial charge in [-0.15, -0.1) is 0 Å². The molecule has 0 radical (unpaired) electrons. The van der Waals surface area contributed by atoms with E-state index in [1.165, 1.54) is 0 Å². The molecule has 2 rings (SSSR count). The number of benzene rings is 1. The van der Waals surface area contributed by atoms with Gasteiger partial charge in [-0.1, -0.05) is 12.1 Å². The van der Waals surface area contributed by atoms with Gasteiger partial charge in [-0.05, 0) is 25.0 Å². The van der Waals surface area contributed by atoms with Crippen LogP contribution in [0.4, 0.5) is 5.69 Å². The number of para-hydroxylation sites is 1. The summed E-state index contributed by atoms with van der Waals surface area (Å²) in [7, 11) is 3.91. The average Bonchev–Trinajstić information content (AvgIpc) is 2.39. The molecule has 1 saturated heterocycles. The number of hydrogen-bond acceptors (Lipinski definition) is 3. The predicted octanol–water partition coefficient (Wildman–Crippen LogP) is 1.32. The van der Waals surface area contributed by atoms with E-state index >= 15 is 0 Å². The third-order valence-corrected chi connectivity index (χ3v) is 3.44. The first-order chi connectivity index (χ1) is 8.59. The van der Waals surface area contributed by atoms with Crippen LogP contribution in [0.5, 0.6) is 0 Å². The smallest absolute Gasteiger partial charge is 0.255 e. The molecule has 1 heterocycles. The van der Waals surface area contributed by atoms with Crippen LogP contribution < -0.4 is 10.6 Å². The van der Waals surface area contributed by atoms with Crippen LogP contribution in [0.1, 0.15) is 23.2 Å². The first kappa shape index (κ1) is 12.9. The number of likely N-dealkylation sites (tertiary alicyclic amines) is 1. The Balaban J connectivity index is 2.18. The van der Waals surface area contributed by atoms with Gasteiger partial charge in [0.05, 0.1) is 5.56 Å². The van der Waals surface area contributed by atoms with E-state index in [1.807, 2.05) is 48.2 Å². The Labute approximate surface area is 108 Å². The third-order valence-electron chi connectivity index (χ3n) is 3.44. The van der Waals surface area contributed by atoms with Gasteiger partial charge in [0.15, 0.2) is 0 Å². The van der Waals surface area contributed by atoms with Crippen molar-refractivity contribution in [2.45, 2.75) is 18.9 Å². The van der Waals surface area contributed by atoms with Crippen molar-refractivity contribution in [1.29, 1.82) is 0 Å². The van der Waals surface area contributed by atoms with E-state index in [2.05, 4.69) is 0 Å². The summed E-state index contributed by atoms with van der Waals surface area (Å²) < 4.78 is 0. The third kappa shape index (κ3) is 2.64. The SMILES string of the molecule is CN(C)c1ccccc1C(=O)N1CCC(N)CC1. The van der Waals surface area contributed by atoms with Crippen molar-refractivity contribution in [1.82, 2.24) is 4.90 Å². The zero-order valence-electron chi connectivity index (χ0n) is 11.1. The molecule has 1 aromatic rings. The second-order valence-corrected chi connectivity index (χ2v) is 5.04. The van der Waals surface area contributed by atoms with Gasteiger partial charge in [0, 0.05) is 38.9 Å². The minimum absolute atomic E-state index is 0.117. The Hall–Kier alpha value is -1.55. The van der Waals surface area contributed by atoms with Gasteiger partial charge in [0.1, 0.15) is 0 Å². The summed E-state index contributed by atoms with van der Waals surface area (Å²) in [5.41, 5.74) is 7.61. The molecule has 0 aliphatic carbocycles. The Bertz CT molecular complexity index is 423. The number of nitrogens with two attached hydrogens (primary N) is 1. The largest absolute Gasteiger partial charge is 0.377 e. The minimum Gasteiger partial charge on any atom is -0.377 e. The highest BCUT2D eigenvalue weighted by Gasteiger charge is 2.23. The second kappa shape index (κ2) is 5.40. The first-order valence-electron chi connectivity index (χ1n) is 6.41. The molecule has 1 aliphatic rings. The molecule has 1 aromatic carbocycles. The van der Waals surface area contributed by atoms with Crippen LogP contribution in [0.25, 0.3) is 0 Å². The first-order valence-corrected chi connectivity index (χ1v) is 6.41. The van der Waals surface area contributed by atoms with Crippen LogP contribution in [-0.4, -0.2) is 44.0 Å². The summed E-state index contributed by atoms with van der Waals surface area (Å²) in [6, 6.07) is 7.99. The van der Waals surface area contributed by atoms with E-state index in [1.54, 1.807) is 0 Å². The van der Waals surface area contributed by atoms with Crippen molar-refractivity contribution in [2.24, 2.45) is 5.73 Å². The highest BCUT2D eigenvalue weighted by Crippen LogP contribution is 2.21. The maximum atomic E-state index is 12.5. The maximum Gasteiger partial charge on any atom is 0.255 e. The monoisotopic (exact) mass is 247 g/mol. The van der Waals surface area contributed by atoms with E-state index in [-0.39, 0.29) is 11.9 Å². The Morgan fingerprint density at radius 3 is 2.50 bits per heavy atom. The predicted molar refractivity (Wildman–Crippen MR) is 73.9 cm³/mol. The van der Waals surface area contributed by atoms with Crippen molar-refractivity contribution in [3.63, 3.8) is 0 Å². The van der Waals surface area contributed by atoms with Gasteiger partial charge in [-0.2, -0.15) is 0 Å². The van der Waals surface area contributed by atoms with Crippen molar-refractivity contribution in [2.75, 3.05) is 32.1 Å². The summed E-state index contributed by atoms with van der Waals surface area (Å²) in [6.45, 7) is 1.53. The molecular weight excluding hydrogens is 226 g/mol. The van der Waals surface area contributed by atoms with Crippen molar-refractivity contribution in [3.8, 4) is 0 Å². The Kier molecular flexibility index (Phi) is 3.87. The van der Waals surface area contributed by atoms with Gasteiger partial charge in [0.2, 0.25) is 0 Å². The molecule has 0 unspecified atom stereocenters. The number of piperidine rings is 1. The lowest BCUT2D eigenvalue weighted by molar-refractivity contribution is 0.0715. The molecule has 1 aliphatic heterocycles. The van der Waals surface area contributed by atoms with Gasteiger partial charge in [-0.25, -0.2) is 0 Å². The lowest BCUT2D eigenvalue weighted by Crippen LogP contribution is -2.43. The number of nitrogens with zero attached hydrogens (tertiary/aromatic N) is 2. The van der Waals surface area contributed by atoms with Crippen LogP contribution in [0.3, 0.4) is 0 Å².